The summed E-state index contributed by atoms with van der Waals surface area (Å²) < 4.78 is 0. The van der Waals surface area contributed by atoms with Crippen LogP contribution in [0.15, 0.2) is 18.2 Å². The zero-order valence-corrected chi connectivity index (χ0v) is 16.4. The van der Waals surface area contributed by atoms with Gasteiger partial charge in [0.25, 0.3) is 5.91 Å². The van der Waals surface area contributed by atoms with E-state index in [0.717, 1.165) is 6.42 Å². The molecule has 0 unspecified atom stereocenters. The number of carbonyl (C=O) groups excluding carboxylic acids is 3. The van der Waals surface area contributed by atoms with Gasteiger partial charge in [-0.25, -0.2) is 0 Å². The Kier molecular flexibility index (Phi) is 6.64. The molecule has 0 radical (unpaired) electrons. The van der Waals surface area contributed by atoms with E-state index < -0.39 is 0 Å². The molecule has 2 atom stereocenters. The van der Waals surface area contributed by atoms with E-state index in [4.69, 9.17) is 11.6 Å². The number of anilines is 1. The molecule has 26 heavy (non-hydrogen) atoms. The first-order chi connectivity index (χ1) is 12.2. The van der Waals surface area contributed by atoms with Crippen molar-refractivity contribution in [3.63, 3.8) is 0 Å². The van der Waals surface area contributed by atoms with Gasteiger partial charge in [0.2, 0.25) is 11.8 Å². The van der Waals surface area contributed by atoms with Gasteiger partial charge in [-0.1, -0.05) is 18.5 Å². The predicted octanol–water partition coefficient (Wildman–Crippen LogP) is 2.92. The van der Waals surface area contributed by atoms with Gasteiger partial charge in [0.05, 0.1) is 10.7 Å². The largest absolute Gasteiger partial charge is 0.355 e. The molecule has 6 nitrogen and oxygen atoms in total. The second-order valence-corrected chi connectivity index (χ2v) is 7.52. The minimum atomic E-state index is -0.266. The second-order valence-electron chi connectivity index (χ2n) is 7.11. The minimum Gasteiger partial charge on any atom is -0.355 e. The fourth-order valence-electron chi connectivity index (χ4n) is 2.52. The molecule has 0 heterocycles. The smallest absolute Gasteiger partial charge is 0.253 e. The van der Waals surface area contributed by atoms with Gasteiger partial charge in [-0.15, -0.1) is 0 Å². The van der Waals surface area contributed by atoms with Crippen LogP contribution in [0.4, 0.5) is 5.69 Å². The molecule has 1 aliphatic rings. The van der Waals surface area contributed by atoms with Crippen molar-refractivity contribution in [2.45, 2.75) is 39.7 Å². The van der Waals surface area contributed by atoms with Gasteiger partial charge in [-0.2, -0.15) is 0 Å². The second kappa shape index (κ2) is 8.54. The third kappa shape index (κ3) is 5.21. The van der Waals surface area contributed by atoms with E-state index >= 15 is 0 Å². The van der Waals surface area contributed by atoms with Gasteiger partial charge in [-0.3, -0.25) is 14.4 Å². The summed E-state index contributed by atoms with van der Waals surface area (Å²) in [7, 11) is 1.73. The maximum Gasteiger partial charge on any atom is 0.253 e. The lowest BCUT2D eigenvalue weighted by molar-refractivity contribution is -0.122. The summed E-state index contributed by atoms with van der Waals surface area (Å²) in [4.78, 5) is 37.9. The van der Waals surface area contributed by atoms with Crippen molar-refractivity contribution in [3.8, 4) is 0 Å². The molecule has 0 aliphatic heterocycles. The Balaban J connectivity index is 1.91. The van der Waals surface area contributed by atoms with Crippen LogP contribution in [0.3, 0.4) is 0 Å². The Morgan fingerprint density at radius 2 is 1.96 bits per heavy atom. The average molecular weight is 380 g/mol. The van der Waals surface area contributed by atoms with Crippen molar-refractivity contribution in [2.75, 3.05) is 18.9 Å². The lowest BCUT2D eigenvalue weighted by Gasteiger charge is -2.22. The zero-order chi connectivity index (χ0) is 19.4. The fraction of sp³-hybridized carbons (Fsp3) is 0.526. The summed E-state index contributed by atoms with van der Waals surface area (Å²) in [5.41, 5.74) is 0.846. The molecule has 1 saturated carbocycles. The number of halogens is 1. The molecule has 0 spiro atoms. The summed E-state index contributed by atoms with van der Waals surface area (Å²) in [6.45, 7) is 6.16. The summed E-state index contributed by atoms with van der Waals surface area (Å²) in [6, 6.07) is 4.87. The van der Waals surface area contributed by atoms with Crippen molar-refractivity contribution in [1.82, 2.24) is 10.2 Å². The highest BCUT2D eigenvalue weighted by atomic mass is 35.5. The first-order valence-corrected chi connectivity index (χ1v) is 9.22. The number of hydrogen-bond donors (Lipinski definition) is 2. The number of benzene rings is 1. The number of amides is 3. The highest BCUT2D eigenvalue weighted by molar-refractivity contribution is 6.33. The molecule has 2 N–H and O–H groups in total. The molecule has 0 aromatic heterocycles. The lowest BCUT2D eigenvalue weighted by Crippen LogP contribution is -2.33. The third-order valence-electron chi connectivity index (χ3n) is 4.68. The predicted molar refractivity (Wildman–Crippen MR) is 102 cm³/mol. The molecule has 0 saturated heterocycles. The summed E-state index contributed by atoms with van der Waals surface area (Å²) in [5, 5.41) is 5.84. The van der Waals surface area contributed by atoms with Gasteiger partial charge in [0.15, 0.2) is 0 Å². The molecule has 1 fully saturated rings. The first-order valence-electron chi connectivity index (χ1n) is 8.85. The summed E-state index contributed by atoms with van der Waals surface area (Å²) in [6.07, 6.45) is 1.06. The normalized spacial score (nSPS) is 18.4. The SMILES string of the molecule is CC(C)N(C)C(=O)c1ccc(Cl)c(NC(=O)CCNC(=O)[C@@H]2C[C@H]2C)c1. The molecular formula is C19H26ClN3O3. The van der Waals surface area contributed by atoms with Gasteiger partial charge in [-0.05, 0) is 44.4 Å². The zero-order valence-electron chi connectivity index (χ0n) is 15.6. The van der Waals surface area contributed by atoms with E-state index in [1.165, 1.54) is 0 Å². The van der Waals surface area contributed by atoms with E-state index in [1.807, 2.05) is 20.8 Å². The van der Waals surface area contributed by atoms with E-state index in [9.17, 15) is 14.4 Å². The van der Waals surface area contributed by atoms with Crippen molar-refractivity contribution < 1.29 is 14.4 Å². The topological polar surface area (TPSA) is 78.5 Å². The van der Waals surface area contributed by atoms with Crippen LogP contribution < -0.4 is 10.6 Å². The molecule has 7 heteroatoms. The number of nitrogens with zero attached hydrogens (tertiary/aromatic N) is 1. The van der Waals surface area contributed by atoms with Crippen molar-refractivity contribution in [2.24, 2.45) is 11.8 Å². The first kappa shape index (κ1) is 20.2. The number of rotatable bonds is 7. The van der Waals surface area contributed by atoms with E-state index in [0.29, 0.717) is 22.2 Å². The van der Waals surface area contributed by atoms with Gasteiger partial charge >= 0.3 is 0 Å². The maximum atomic E-state index is 12.4. The molecule has 1 aromatic carbocycles. The van der Waals surface area contributed by atoms with Gasteiger partial charge in [0.1, 0.15) is 0 Å². The average Bonchev–Trinajstić information content (AvgIpc) is 3.32. The molecule has 1 aliphatic carbocycles. The molecule has 3 amide bonds. The van der Waals surface area contributed by atoms with E-state index in [-0.39, 0.29) is 42.6 Å². The van der Waals surface area contributed by atoms with Crippen LogP contribution in [0.1, 0.15) is 44.0 Å². The Hall–Kier alpha value is -2.08. The number of hydrogen-bond acceptors (Lipinski definition) is 3. The van der Waals surface area contributed by atoms with Gasteiger partial charge < -0.3 is 15.5 Å². The minimum absolute atomic E-state index is 0.00708. The Bertz CT molecular complexity index is 705. The molecule has 142 valence electrons. The summed E-state index contributed by atoms with van der Waals surface area (Å²) >= 11 is 6.13. The van der Waals surface area contributed by atoms with E-state index in [1.54, 1.807) is 30.1 Å². The lowest BCUT2D eigenvalue weighted by atomic mass is 10.1. The molecule has 1 aromatic rings. The van der Waals surface area contributed by atoms with Crippen LogP contribution >= 0.6 is 11.6 Å². The Morgan fingerprint density at radius 1 is 1.31 bits per heavy atom. The quantitative estimate of drug-likeness (QED) is 0.764. The van der Waals surface area contributed by atoms with Crippen molar-refractivity contribution in [1.29, 1.82) is 0 Å². The molecule has 0 bridgehead atoms. The van der Waals surface area contributed by atoms with Crippen LogP contribution in [-0.4, -0.2) is 42.3 Å². The van der Waals surface area contributed by atoms with Gasteiger partial charge in [0, 0.05) is 37.5 Å². The van der Waals surface area contributed by atoms with Crippen molar-refractivity contribution >= 4 is 35.0 Å². The highest BCUT2D eigenvalue weighted by Gasteiger charge is 2.38. The maximum absolute atomic E-state index is 12.4. The Morgan fingerprint density at radius 3 is 2.54 bits per heavy atom. The van der Waals surface area contributed by atoms with Crippen LogP contribution in [0.25, 0.3) is 0 Å². The number of carbonyl (C=O) groups is 3. The van der Waals surface area contributed by atoms with Crippen LogP contribution in [0, 0.1) is 11.8 Å². The standard InChI is InChI=1S/C19H26ClN3O3/c1-11(2)23(4)19(26)13-5-6-15(20)16(10-13)22-17(24)7-8-21-18(25)14-9-12(14)3/h5-6,10-12,14H,7-9H2,1-4H3,(H,21,25)(H,22,24)/t12-,14-/m1/s1. The fourth-order valence-corrected chi connectivity index (χ4v) is 2.69. The van der Waals surface area contributed by atoms with E-state index in [2.05, 4.69) is 10.6 Å². The monoisotopic (exact) mass is 379 g/mol. The highest BCUT2D eigenvalue weighted by Crippen LogP contribution is 2.37. The third-order valence-corrected chi connectivity index (χ3v) is 5.01. The van der Waals surface area contributed by atoms with Crippen LogP contribution in [-0.2, 0) is 9.59 Å². The van der Waals surface area contributed by atoms with Crippen LogP contribution in [0.5, 0.6) is 0 Å². The molecule has 2 rings (SSSR count). The summed E-state index contributed by atoms with van der Waals surface area (Å²) in [5.74, 6) is 0.128. The molecular weight excluding hydrogens is 354 g/mol. The van der Waals surface area contributed by atoms with Crippen LogP contribution in [0.2, 0.25) is 5.02 Å². The Labute approximate surface area is 159 Å². The number of nitrogens with one attached hydrogen (secondary N) is 2. The van der Waals surface area contributed by atoms with Crippen molar-refractivity contribution in [3.05, 3.63) is 28.8 Å².